The van der Waals surface area contributed by atoms with E-state index in [-0.39, 0.29) is 6.42 Å². The van der Waals surface area contributed by atoms with E-state index in [0.717, 1.165) is 0 Å². The molecule has 1 aliphatic heterocycles. The highest BCUT2D eigenvalue weighted by molar-refractivity contribution is 6.32. The average Bonchev–Trinajstić information content (AvgIpc) is 2.89. The maximum Gasteiger partial charge on any atom is 0.303 e. The fourth-order valence-electron chi connectivity index (χ4n) is 5.08. The zero-order valence-corrected chi connectivity index (χ0v) is 22.5. The Bertz CT molecular complexity index is 1380. The minimum absolute atomic E-state index is 0.0217. The highest BCUT2D eigenvalue weighted by atomic mass is 35.5. The lowest BCUT2D eigenvalue weighted by atomic mass is 9.71. The third kappa shape index (κ3) is 6.75. The average molecular weight is 559 g/mol. The van der Waals surface area contributed by atoms with Crippen molar-refractivity contribution in [3.8, 4) is 17.6 Å². The number of piperidine rings is 1. The van der Waals surface area contributed by atoms with Crippen LogP contribution in [0.1, 0.15) is 49.3 Å². The molecule has 0 radical (unpaired) electrons. The fourth-order valence-corrected chi connectivity index (χ4v) is 5.51. The van der Waals surface area contributed by atoms with Crippen LogP contribution in [0.25, 0.3) is 10.9 Å². The van der Waals surface area contributed by atoms with Crippen LogP contribution in [0.4, 0.5) is 4.39 Å². The van der Waals surface area contributed by atoms with Crippen LogP contribution >= 0.6 is 23.2 Å². The van der Waals surface area contributed by atoms with E-state index < -0.39 is 23.3 Å². The molecule has 1 aromatic heterocycles. The summed E-state index contributed by atoms with van der Waals surface area (Å²) in [6, 6.07) is 9.80. The van der Waals surface area contributed by atoms with Gasteiger partial charge in [0, 0.05) is 22.2 Å². The molecule has 1 aliphatic rings. The number of fused-ring (bicyclic) bond motifs is 1. The van der Waals surface area contributed by atoms with Gasteiger partial charge in [-0.15, -0.1) is 0 Å². The van der Waals surface area contributed by atoms with Gasteiger partial charge in [-0.2, -0.15) is 0 Å². The van der Waals surface area contributed by atoms with Gasteiger partial charge in [0.2, 0.25) is 0 Å². The zero-order chi connectivity index (χ0) is 27.3. The van der Waals surface area contributed by atoms with Gasteiger partial charge < -0.3 is 14.9 Å². The smallest absolute Gasteiger partial charge is 0.303 e. The summed E-state index contributed by atoms with van der Waals surface area (Å²) in [6.45, 7) is 1.78. The standard InChI is InChI=1S/C29H29Cl2FN2O4/c1-38-21-6-7-25-22(16-21)28(23(31)18-33-25)26(35)8-9-29(17-27(36)37)10-13-34(14-11-29)12-2-3-19-4-5-20(30)15-24(19)32/h4-7,15-16,18,26,35H,8-14,17H2,1H3,(H,36,37)/t26-/m0/s1. The molecule has 1 fully saturated rings. The molecular weight excluding hydrogens is 530 g/mol. The number of aromatic nitrogens is 1. The Morgan fingerprint density at radius 1 is 1.24 bits per heavy atom. The summed E-state index contributed by atoms with van der Waals surface area (Å²) in [5.41, 5.74) is 1.10. The maximum atomic E-state index is 14.0. The van der Waals surface area contributed by atoms with Gasteiger partial charge in [0.15, 0.2) is 0 Å². The van der Waals surface area contributed by atoms with Crippen molar-refractivity contribution in [1.82, 2.24) is 9.88 Å². The number of likely N-dealkylation sites (tertiary alicyclic amines) is 1. The minimum atomic E-state index is -0.885. The van der Waals surface area contributed by atoms with Crippen LogP contribution in [0.2, 0.25) is 10.0 Å². The summed E-state index contributed by atoms with van der Waals surface area (Å²) < 4.78 is 19.3. The van der Waals surface area contributed by atoms with E-state index in [2.05, 4.69) is 21.7 Å². The molecule has 6 nitrogen and oxygen atoms in total. The molecule has 200 valence electrons. The summed E-state index contributed by atoms with van der Waals surface area (Å²) >= 11 is 12.2. The van der Waals surface area contributed by atoms with Crippen molar-refractivity contribution in [2.75, 3.05) is 26.7 Å². The first-order valence-corrected chi connectivity index (χ1v) is 13.1. The minimum Gasteiger partial charge on any atom is -0.497 e. The van der Waals surface area contributed by atoms with Crippen molar-refractivity contribution in [3.05, 3.63) is 69.6 Å². The summed E-state index contributed by atoms with van der Waals surface area (Å²) in [7, 11) is 1.57. The van der Waals surface area contributed by atoms with Crippen molar-refractivity contribution in [3.63, 3.8) is 0 Å². The first-order chi connectivity index (χ1) is 18.2. The number of methoxy groups -OCH3 is 1. The Labute approximate surface area is 231 Å². The van der Waals surface area contributed by atoms with Crippen LogP contribution in [0.15, 0.2) is 42.6 Å². The van der Waals surface area contributed by atoms with Crippen LogP contribution in [0.3, 0.4) is 0 Å². The van der Waals surface area contributed by atoms with Gasteiger partial charge in [-0.25, -0.2) is 4.39 Å². The topological polar surface area (TPSA) is 82.9 Å². The molecule has 9 heteroatoms. The Balaban J connectivity index is 1.43. The number of carbonyl (C=O) groups is 1. The molecule has 2 aromatic carbocycles. The first-order valence-electron chi connectivity index (χ1n) is 12.4. The Morgan fingerprint density at radius 3 is 2.68 bits per heavy atom. The molecule has 0 amide bonds. The predicted molar refractivity (Wildman–Crippen MR) is 146 cm³/mol. The number of carboxylic acid groups (broad SMARTS) is 1. The number of rotatable bonds is 8. The maximum absolute atomic E-state index is 14.0. The number of benzene rings is 2. The molecule has 2 heterocycles. The number of pyridine rings is 1. The van der Waals surface area contributed by atoms with Gasteiger partial charge in [-0.1, -0.05) is 35.0 Å². The summed E-state index contributed by atoms with van der Waals surface area (Å²) in [6.07, 6.45) is 2.86. The highest BCUT2D eigenvalue weighted by Crippen LogP contribution is 2.43. The van der Waals surface area contributed by atoms with Crippen LogP contribution in [0.5, 0.6) is 5.75 Å². The number of ether oxygens (including phenoxy) is 1. The van der Waals surface area contributed by atoms with Gasteiger partial charge in [-0.3, -0.25) is 14.7 Å². The van der Waals surface area contributed by atoms with Crippen molar-refractivity contribution in [2.45, 2.75) is 38.2 Å². The van der Waals surface area contributed by atoms with Gasteiger partial charge in [-0.05, 0) is 80.6 Å². The Kier molecular flexibility index (Phi) is 9.11. The number of nitrogens with zero attached hydrogens (tertiary/aromatic N) is 2. The van der Waals surface area contributed by atoms with Crippen molar-refractivity contribution in [1.29, 1.82) is 0 Å². The van der Waals surface area contributed by atoms with Gasteiger partial charge >= 0.3 is 5.97 Å². The summed E-state index contributed by atoms with van der Waals surface area (Å²) in [5, 5.41) is 22.2. The molecule has 38 heavy (non-hydrogen) atoms. The second-order valence-electron chi connectivity index (χ2n) is 9.73. The lowest BCUT2D eigenvalue weighted by Crippen LogP contribution is -2.41. The van der Waals surface area contributed by atoms with E-state index >= 15 is 0 Å². The normalized spacial score (nSPS) is 16.0. The quantitative estimate of drug-likeness (QED) is 0.324. The molecule has 2 N–H and O–H groups in total. The van der Waals surface area contributed by atoms with Crippen molar-refractivity contribution < 1.29 is 24.1 Å². The van der Waals surface area contributed by atoms with E-state index in [1.807, 2.05) is 6.07 Å². The first kappa shape index (κ1) is 28.1. The predicted octanol–water partition coefficient (Wildman–Crippen LogP) is 6.11. The van der Waals surface area contributed by atoms with Gasteiger partial charge in [0.05, 0.1) is 42.3 Å². The number of halogens is 3. The van der Waals surface area contributed by atoms with Gasteiger partial charge in [0.1, 0.15) is 11.6 Å². The fraction of sp³-hybridized carbons (Fsp3) is 0.379. The molecule has 0 aliphatic carbocycles. The summed E-state index contributed by atoms with van der Waals surface area (Å²) in [5.74, 6) is 5.17. The SMILES string of the molecule is COc1ccc2ncc(Cl)c([C@@H](O)CCC3(CC(=O)O)CCN(CC#Cc4ccc(Cl)cc4F)CC3)c2c1. The molecule has 1 atom stereocenters. The lowest BCUT2D eigenvalue weighted by Gasteiger charge is -2.41. The molecule has 1 saturated heterocycles. The molecular formula is C29H29Cl2FN2O4. The monoisotopic (exact) mass is 558 g/mol. The number of carboxylic acids is 1. The second kappa shape index (κ2) is 12.3. The molecule has 0 spiro atoms. The van der Waals surface area contributed by atoms with Crippen LogP contribution < -0.4 is 4.74 Å². The number of hydrogen-bond acceptors (Lipinski definition) is 5. The van der Waals surface area contributed by atoms with E-state index in [4.69, 9.17) is 27.9 Å². The number of hydrogen-bond donors (Lipinski definition) is 2. The number of aliphatic hydroxyl groups is 1. The third-order valence-electron chi connectivity index (χ3n) is 7.25. The molecule has 0 bridgehead atoms. The van der Waals surface area contributed by atoms with Crippen LogP contribution in [-0.2, 0) is 4.79 Å². The van der Waals surface area contributed by atoms with E-state index in [9.17, 15) is 19.4 Å². The Morgan fingerprint density at radius 2 is 2.00 bits per heavy atom. The van der Waals surface area contributed by atoms with E-state index in [0.29, 0.717) is 83.1 Å². The third-order valence-corrected chi connectivity index (χ3v) is 7.79. The number of aliphatic hydroxyl groups excluding tert-OH is 1. The van der Waals surface area contributed by atoms with Crippen LogP contribution in [0, 0.1) is 23.1 Å². The largest absolute Gasteiger partial charge is 0.497 e. The highest BCUT2D eigenvalue weighted by Gasteiger charge is 2.37. The molecule has 0 saturated carbocycles. The van der Waals surface area contributed by atoms with Crippen LogP contribution in [-0.4, -0.2) is 52.8 Å². The molecule has 3 aromatic rings. The zero-order valence-electron chi connectivity index (χ0n) is 21.0. The van der Waals surface area contributed by atoms with Crippen molar-refractivity contribution >= 4 is 40.1 Å². The Hall–Kier alpha value is -2.89. The van der Waals surface area contributed by atoms with Crippen molar-refractivity contribution in [2.24, 2.45) is 5.41 Å². The number of aliphatic carboxylic acids is 1. The molecule has 0 unspecified atom stereocenters. The second-order valence-corrected chi connectivity index (χ2v) is 10.6. The van der Waals surface area contributed by atoms with E-state index in [1.54, 1.807) is 31.4 Å². The lowest BCUT2D eigenvalue weighted by molar-refractivity contribution is -0.141. The van der Waals surface area contributed by atoms with E-state index in [1.165, 1.54) is 12.3 Å². The molecule has 4 rings (SSSR count). The summed E-state index contributed by atoms with van der Waals surface area (Å²) in [4.78, 5) is 18.2. The van der Waals surface area contributed by atoms with Gasteiger partial charge in [0.25, 0.3) is 0 Å².